The summed E-state index contributed by atoms with van der Waals surface area (Å²) in [6.45, 7) is 0. The first kappa shape index (κ1) is 11.8. The highest BCUT2D eigenvalue weighted by molar-refractivity contribution is 6.15. The van der Waals surface area contributed by atoms with Crippen LogP contribution >= 0.6 is 0 Å². The van der Waals surface area contributed by atoms with Crippen LogP contribution in [0.1, 0.15) is 16.2 Å². The Balaban J connectivity index is 2.18. The van der Waals surface area contributed by atoms with Gasteiger partial charge in [0.15, 0.2) is 5.82 Å². The number of hydrogen-bond donors (Lipinski definition) is 0. The number of rotatable bonds is 1. The number of hydrogen-bond acceptors (Lipinski definition) is 4. The van der Waals surface area contributed by atoms with Gasteiger partial charge in [0.05, 0.1) is 29.3 Å². The van der Waals surface area contributed by atoms with Crippen molar-refractivity contribution < 1.29 is 9.53 Å². The van der Waals surface area contributed by atoms with Gasteiger partial charge in [-0.05, 0) is 24.3 Å². The van der Waals surface area contributed by atoms with Gasteiger partial charge in [0.2, 0.25) is 5.78 Å². The first-order chi connectivity index (χ1) is 10.2. The molecule has 4 rings (SSSR count). The molecule has 1 aliphatic rings. The largest absolute Gasteiger partial charge is 0.496 e. The molecule has 21 heavy (non-hydrogen) atoms. The summed E-state index contributed by atoms with van der Waals surface area (Å²) in [6, 6.07) is 12.2. The molecule has 0 bridgehead atoms. The van der Waals surface area contributed by atoms with E-state index >= 15 is 0 Å². The summed E-state index contributed by atoms with van der Waals surface area (Å²) in [5.74, 6) is 0.301. The highest BCUT2D eigenvalue weighted by atomic mass is 16.5. The zero-order valence-electron chi connectivity index (χ0n) is 11.2. The molecule has 1 aliphatic heterocycles. The molecule has 2 heterocycles. The van der Waals surface area contributed by atoms with Crippen LogP contribution in [0.4, 0.5) is 0 Å². The van der Waals surface area contributed by atoms with Crippen molar-refractivity contribution in [3.63, 3.8) is 0 Å². The van der Waals surface area contributed by atoms with Crippen LogP contribution in [0.15, 0.2) is 47.3 Å². The molecule has 0 amide bonds. The van der Waals surface area contributed by atoms with E-state index in [1.807, 2.05) is 0 Å². The van der Waals surface area contributed by atoms with E-state index in [0.29, 0.717) is 27.9 Å². The molecule has 0 spiro atoms. The molecule has 1 aromatic heterocycles. The average Bonchev–Trinajstić information content (AvgIpc) is 2.81. The minimum atomic E-state index is -0.287. The fourth-order valence-electron chi connectivity index (χ4n) is 2.72. The molecular weight excluding hydrogens is 268 g/mol. The van der Waals surface area contributed by atoms with Crippen LogP contribution < -0.4 is 10.3 Å². The first-order valence-corrected chi connectivity index (χ1v) is 6.46. The maximum absolute atomic E-state index is 12.7. The molecule has 0 saturated heterocycles. The molecule has 0 fully saturated rings. The van der Waals surface area contributed by atoms with Gasteiger partial charge >= 0.3 is 0 Å². The van der Waals surface area contributed by atoms with Gasteiger partial charge in [-0.2, -0.15) is 0 Å². The van der Waals surface area contributed by atoms with Crippen LogP contribution in [0, 0.1) is 0 Å². The monoisotopic (exact) mass is 278 g/mol. The van der Waals surface area contributed by atoms with Crippen molar-refractivity contribution in [2.75, 3.05) is 7.11 Å². The molecule has 3 aromatic rings. The molecule has 5 nitrogen and oxygen atoms in total. The van der Waals surface area contributed by atoms with Gasteiger partial charge < -0.3 is 4.74 Å². The molecule has 5 heteroatoms. The Morgan fingerprint density at radius 2 is 1.86 bits per heavy atom. The molecule has 0 aliphatic carbocycles. The number of aromatic nitrogens is 2. The number of fused-ring (bicyclic) bond motifs is 4. The molecule has 0 radical (unpaired) electrons. The maximum atomic E-state index is 12.7. The van der Waals surface area contributed by atoms with Crippen LogP contribution in [0.25, 0.3) is 16.6 Å². The maximum Gasteiger partial charge on any atom is 0.266 e. The fourth-order valence-corrected chi connectivity index (χ4v) is 2.72. The van der Waals surface area contributed by atoms with Crippen molar-refractivity contribution >= 4 is 16.7 Å². The lowest BCUT2D eigenvalue weighted by molar-refractivity contribution is 0.103. The smallest absolute Gasteiger partial charge is 0.266 e. The summed E-state index contributed by atoms with van der Waals surface area (Å²) < 4.78 is 6.60. The third-order valence-electron chi connectivity index (χ3n) is 3.67. The van der Waals surface area contributed by atoms with Crippen LogP contribution in [-0.4, -0.2) is 22.4 Å². The van der Waals surface area contributed by atoms with E-state index in [-0.39, 0.29) is 17.2 Å². The topological polar surface area (TPSA) is 61.2 Å². The number of benzene rings is 2. The Hall–Kier alpha value is -2.95. The summed E-state index contributed by atoms with van der Waals surface area (Å²) in [4.78, 5) is 29.6. The third kappa shape index (κ3) is 1.43. The molecule has 102 valence electrons. The minimum Gasteiger partial charge on any atom is -0.496 e. The Kier molecular flexibility index (Phi) is 2.27. The van der Waals surface area contributed by atoms with Crippen LogP contribution in [0.3, 0.4) is 0 Å². The lowest BCUT2D eigenvalue weighted by Crippen LogP contribution is -2.21. The first-order valence-electron chi connectivity index (χ1n) is 6.46. The van der Waals surface area contributed by atoms with E-state index in [4.69, 9.17) is 4.74 Å². The Morgan fingerprint density at radius 3 is 2.67 bits per heavy atom. The van der Waals surface area contributed by atoms with E-state index < -0.39 is 0 Å². The third-order valence-corrected chi connectivity index (χ3v) is 3.67. The highest BCUT2D eigenvalue weighted by Gasteiger charge is 2.32. The fraction of sp³-hybridized carbons (Fsp3) is 0.0625. The van der Waals surface area contributed by atoms with Gasteiger partial charge in [0, 0.05) is 0 Å². The normalized spacial score (nSPS) is 12.3. The highest BCUT2D eigenvalue weighted by Crippen LogP contribution is 2.32. The Bertz CT molecular complexity index is 973. The predicted octanol–water partition coefficient (Wildman–Crippen LogP) is 1.94. The van der Waals surface area contributed by atoms with E-state index in [2.05, 4.69) is 4.98 Å². The second kappa shape index (κ2) is 4.02. The number of carbonyl (C=O) groups is 1. The average molecular weight is 278 g/mol. The van der Waals surface area contributed by atoms with Crippen molar-refractivity contribution in [1.29, 1.82) is 0 Å². The van der Waals surface area contributed by atoms with Crippen LogP contribution in [-0.2, 0) is 0 Å². The van der Waals surface area contributed by atoms with Crippen LogP contribution in [0.5, 0.6) is 5.75 Å². The van der Waals surface area contributed by atoms with E-state index in [0.717, 1.165) is 0 Å². The van der Waals surface area contributed by atoms with E-state index in [1.165, 1.54) is 11.7 Å². The lowest BCUT2D eigenvalue weighted by Gasteiger charge is -2.06. The quantitative estimate of drug-likeness (QED) is 0.534. The van der Waals surface area contributed by atoms with Crippen molar-refractivity contribution in [3.8, 4) is 11.4 Å². The van der Waals surface area contributed by atoms with Crippen molar-refractivity contribution in [2.45, 2.75) is 0 Å². The van der Waals surface area contributed by atoms with Gasteiger partial charge in [-0.1, -0.05) is 18.2 Å². The minimum absolute atomic E-state index is 0.137. The number of nitrogens with zero attached hydrogens (tertiary/aromatic N) is 2. The van der Waals surface area contributed by atoms with Gasteiger partial charge in [-0.15, -0.1) is 0 Å². The number of carbonyl (C=O) groups excluding carboxylic acids is 1. The van der Waals surface area contributed by atoms with Gasteiger partial charge in [-0.3, -0.25) is 14.2 Å². The standard InChI is InChI=1S/C16H10N2O3/c1-21-12-8-4-7-11-13(12)14(19)15-17-10-6-3-2-5-9(10)16(20)18(11)15/h2-8H,1H3. The molecule has 2 aromatic carbocycles. The molecule has 0 N–H and O–H groups in total. The van der Waals surface area contributed by atoms with Gasteiger partial charge in [0.1, 0.15) is 5.75 Å². The Labute approximate surface area is 119 Å². The summed E-state index contributed by atoms with van der Waals surface area (Å²) in [7, 11) is 1.50. The number of para-hydroxylation sites is 1. The lowest BCUT2D eigenvalue weighted by atomic mass is 10.1. The second-order valence-corrected chi connectivity index (χ2v) is 4.78. The zero-order valence-corrected chi connectivity index (χ0v) is 11.2. The SMILES string of the molecule is COc1cccc2c1C(=O)c1nc3ccccc3c(=O)n1-2. The molecule has 0 atom stereocenters. The Morgan fingerprint density at radius 1 is 1.05 bits per heavy atom. The number of methoxy groups -OCH3 is 1. The summed E-state index contributed by atoms with van der Waals surface area (Å²) in [6.07, 6.45) is 0. The van der Waals surface area contributed by atoms with Crippen molar-refractivity contribution in [1.82, 2.24) is 9.55 Å². The zero-order chi connectivity index (χ0) is 14.6. The van der Waals surface area contributed by atoms with Crippen LogP contribution in [0.2, 0.25) is 0 Å². The molecule has 0 saturated carbocycles. The molecule has 0 unspecified atom stereocenters. The second-order valence-electron chi connectivity index (χ2n) is 4.78. The number of ketones is 1. The number of ether oxygens (including phenoxy) is 1. The predicted molar refractivity (Wildman–Crippen MR) is 77.3 cm³/mol. The van der Waals surface area contributed by atoms with Crippen molar-refractivity contribution in [2.24, 2.45) is 0 Å². The van der Waals surface area contributed by atoms with E-state index in [9.17, 15) is 9.59 Å². The van der Waals surface area contributed by atoms with Gasteiger partial charge in [0.25, 0.3) is 5.56 Å². The summed E-state index contributed by atoms with van der Waals surface area (Å²) in [5.41, 5.74) is 1.20. The summed E-state index contributed by atoms with van der Waals surface area (Å²) >= 11 is 0. The molecular formula is C16H10N2O3. The summed E-state index contributed by atoms with van der Waals surface area (Å²) in [5, 5.41) is 0.490. The van der Waals surface area contributed by atoms with Gasteiger partial charge in [-0.25, -0.2) is 4.98 Å². The van der Waals surface area contributed by atoms with E-state index in [1.54, 1.807) is 42.5 Å². The van der Waals surface area contributed by atoms with Crippen molar-refractivity contribution in [3.05, 3.63) is 64.2 Å².